The number of fused-ring (bicyclic) bond motifs is 1. The van der Waals surface area contributed by atoms with Gasteiger partial charge in [0.15, 0.2) is 5.57 Å². The van der Waals surface area contributed by atoms with E-state index in [2.05, 4.69) is 9.72 Å². The van der Waals surface area contributed by atoms with Crippen LogP contribution in [0.1, 0.15) is 5.56 Å². The second kappa shape index (κ2) is 5.64. The topological polar surface area (TPSA) is 103 Å². The monoisotopic (exact) mass is 332 g/mol. The Balaban J connectivity index is 2.39. The summed E-state index contributed by atoms with van der Waals surface area (Å²) in [5.74, 6) is -2.94. The van der Waals surface area contributed by atoms with E-state index in [-0.39, 0.29) is 10.2 Å². The highest BCUT2D eigenvalue weighted by molar-refractivity contribution is 7.20. The molecule has 3 N–H and O–H groups in total. The first-order valence-electron chi connectivity index (χ1n) is 5.58. The maximum atomic E-state index is 12.8. The molecule has 6 nitrogen and oxygen atoms in total. The first-order valence-corrected chi connectivity index (χ1v) is 6.40. The number of ether oxygens (including phenoxy) is 1. The van der Waals surface area contributed by atoms with Crippen molar-refractivity contribution in [3.63, 3.8) is 0 Å². The van der Waals surface area contributed by atoms with E-state index in [1.165, 1.54) is 12.1 Å². The lowest BCUT2D eigenvalue weighted by molar-refractivity contribution is -0.139. The number of aromatic nitrogens is 1. The van der Waals surface area contributed by atoms with E-state index in [4.69, 9.17) is 10.8 Å². The molecule has 1 aromatic heterocycles. The fourth-order valence-electron chi connectivity index (χ4n) is 1.56. The third-order valence-electron chi connectivity index (χ3n) is 2.50. The number of nitrogens with zero attached hydrogens (tertiary/aromatic N) is 1. The number of benzene rings is 1. The average Bonchev–Trinajstić information content (AvgIpc) is 2.79. The molecule has 1 heterocycles. The number of nitrogens with two attached hydrogens (primary N) is 1. The van der Waals surface area contributed by atoms with Crippen LogP contribution in [-0.4, -0.2) is 22.0 Å². The number of carboxylic acids is 1. The Bertz CT molecular complexity index is 782. The van der Waals surface area contributed by atoms with Crippen molar-refractivity contribution in [2.24, 2.45) is 5.73 Å². The Morgan fingerprint density at radius 2 is 2.05 bits per heavy atom. The number of alkyl halides is 3. The normalized spacial score (nSPS) is 12.4. The molecule has 0 saturated heterocycles. The van der Waals surface area contributed by atoms with Crippen LogP contribution in [0.2, 0.25) is 0 Å². The minimum absolute atomic E-state index is 0.145. The number of hydrogen-bond donors (Lipinski definition) is 2. The van der Waals surface area contributed by atoms with Crippen molar-refractivity contribution in [3.05, 3.63) is 35.5 Å². The number of carboxylic acid groups (broad SMARTS) is 1. The van der Waals surface area contributed by atoms with Gasteiger partial charge in [0, 0.05) is 6.20 Å². The van der Waals surface area contributed by atoms with Crippen LogP contribution in [0.15, 0.2) is 30.0 Å². The molecule has 0 aliphatic heterocycles. The lowest BCUT2D eigenvalue weighted by Gasteiger charge is -2.05. The van der Waals surface area contributed by atoms with Gasteiger partial charge >= 0.3 is 18.1 Å². The Labute approximate surface area is 124 Å². The van der Waals surface area contributed by atoms with Crippen LogP contribution in [0.5, 0.6) is 5.19 Å². The molecule has 2 aromatic rings. The summed E-state index contributed by atoms with van der Waals surface area (Å²) < 4.78 is 43.3. The van der Waals surface area contributed by atoms with E-state index < -0.39 is 34.4 Å². The number of aliphatic carboxylic acids is 1. The van der Waals surface area contributed by atoms with Crippen molar-refractivity contribution >= 4 is 33.5 Å². The Hall–Kier alpha value is -2.62. The second-order valence-corrected chi connectivity index (χ2v) is 4.90. The molecule has 0 aliphatic rings. The molecule has 0 bridgehead atoms. The first kappa shape index (κ1) is 15.8. The Morgan fingerprint density at radius 3 is 2.59 bits per heavy atom. The predicted octanol–water partition coefficient (Wildman–Crippen LogP) is 2.15. The van der Waals surface area contributed by atoms with E-state index >= 15 is 0 Å². The lowest BCUT2D eigenvalue weighted by atomic mass is 10.2. The van der Waals surface area contributed by atoms with Crippen LogP contribution < -0.4 is 10.5 Å². The molecule has 0 fully saturated rings. The molecule has 0 unspecified atom stereocenters. The molecule has 22 heavy (non-hydrogen) atoms. The molecular weight excluding hydrogens is 325 g/mol. The summed E-state index contributed by atoms with van der Waals surface area (Å²) >= 11 is 0.680. The van der Waals surface area contributed by atoms with Gasteiger partial charge in [0.05, 0.1) is 15.8 Å². The highest BCUT2D eigenvalue weighted by atomic mass is 32.1. The maximum absolute atomic E-state index is 12.8. The smallest absolute Gasteiger partial charge is 0.418 e. The van der Waals surface area contributed by atoms with E-state index in [1.807, 2.05) is 0 Å². The van der Waals surface area contributed by atoms with Crippen molar-refractivity contribution < 1.29 is 32.6 Å². The summed E-state index contributed by atoms with van der Waals surface area (Å²) in [6.07, 6.45) is -4.09. The fourth-order valence-corrected chi connectivity index (χ4v) is 2.40. The molecule has 0 amide bonds. The van der Waals surface area contributed by atoms with Gasteiger partial charge in [-0.2, -0.15) is 13.2 Å². The summed E-state index contributed by atoms with van der Waals surface area (Å²) in [6, 6.07) is 3.41. The van der Waals surface area contributed by atoms with Gasteiger partial charge < -0.3 is 15.6 Å². The molecule has 0 radical (unpaired) electrons. The van der Waals surface area contributed by atoms with Gasteiger partial charge in [0.2, 0.25) is 0 Å². The molecule has 10 heteroatoms. The third kappa shape index (κ3) is 3.01. The van der Waals surface area contributed by atoms with E-state index in [1.54, 1.807) is 0 Å². The van der Waals surface area contributed by atoms with Crippen molar-refractivity contribution in [3.8, 4) is 5.19 Å². The minimum Gasteiger partial charge on any atom is -0.477 e. The number of thiazole rings is 1. The van der Waals surface area contributed by atoms with Crippen molar-refractivity contribution in [1.82, 2.24) is 4.98 Å². The maximum Gasteiger partial charge on any atom is 0.418 e. The largest absolute Gasteiger partial charge is 0.477 e. The minimum atomic E-state index is -4.61. The number of esters is 1. The lowest BCUT2D eigenvalue weighted by Crippen LogP contribution is -2.19. The van der Waals surface area contributed by atoms with E-state index in [0.717, 1.165) is 6.07 Å². The van der Waals surface area contributed by atoms with Crippen LogP contribution in [-0.2, 0) is 15.8 Å². The van der Waals surface area contributed by atoms with Gasteiger partial charge in [0.25, 0.3) is 5.19 Å². The van der Waals surface area contributed by atoms with Gasteiger partial charge in [-0.05, 0) is 12.1 Å². The molecule has 116 valence electrons. The first-order chi connectivity index (χ1) is 10.2. The van der Waals surface area contributed by atoms with Crippen LogP contribution in [0.25, 0.3) is 10.2 Å². The molecule has 0 atom stereocenters. The number of carbonyl (C=O) groups is 2. The zero-order valence-corrected chi connectivity index (χ0v) is 11.4. The number of hydrogen-bond acceptors (Lipinski definition) is 6. The SMILES string of the molecule is NC=C(C(=O)O)C(=O)Oc1nc2c(C(F)(F)F)cccc2s1. The predicted molar refractivity (Wildman–Crippen MR) is 70.2 cm³/mol. The third-order valence-corrected chi connectivity index (χ3v) is 3.40. The highest BCUT2D eigenvalue weighted by Gasteiger charge is 2.34. The summed E-state index contributed by atoms with van der Waals surface area (Å²) in [5.41, 5.74) is 2.77. The summed E-state index contributed by atoms with van der Waals surface area (Å²) in [7, 11) is 0. The van der Waals surface area contributed by atoms with Gasteiger partial charge in [-0.3, -0.25) is 0 Å². The van der Waals surface area contributed by atoms with Gasteiger partial charge in [-0.1, -0.05) is 17.4 Å². The molecule has 0 saturated carbocycles. The fraction of sp³-hybridized carbons (Fsp3) is 0.0833. The zero-order chi connectivity index (χ0) is 16.5. The van der Waals surface area contributed by atoms with Gasteiger partial charge in [-0.25, -0.2) is 14.6 Å². The Kier molecular flexibility index (Phi) is 4.04. The number of carbonyl (C=O) groups excluding carboxylic acids is 1. The van der Waals surface area contributed by atoms with Gasteiger partial charge in [0.1, 0.15) is 0 Å². The number of halogens is 3. The van der Waals surface area contributed by atoms with Crippen molar-refractivity contribution in [2.45, 2.75) is 6.18 Å². The van der Waals surface area contributed by atoms with Crippen LogP contribution in [0.4, 0.5) is 13.2 Å². The molecular formula is C12H7F3N2O4S. The number of para-hydroxylation sites is 1. The van der Waals surface area contributed by atoms with Crippen LogP contribution >= 0.6 is 11.3 Å². The standard InChI is InChI=1S/C12H7F3N2O4S/c13-12(14,15)6-2-1-3-7-8(6)17-11(22-7)21-10(20)5(4-16)9(18)19/h1-4H,16H2,(H,18,19). The molecule has 2 rings (SSSR count). The highest BCUT2D eigenvalue weighted by Crippen LogP contribution is 2.38. The molecule has 1 aromatic carbocycles. The molecule has 0 aliphatic carbocycles. The summed E-state index contributed by atoms with van der Waals surface area (Å²) in [6.45, 7) is 0. The van der Waals surface area contributed by atoms with Crippen LogP contribution in [0.3, 0.4) is 0 Å². The zero-order valence-electron chi connectivity index (χ0n) is 10.5. The number of rotatable bonds is 3. The van der Waals surface area contributed by atoms with E-state index in [0.29, 0.717) is 17.5 Å². The molecule has 0 spiro atoms. The Morgan fingerprint density at radius 1 is 1.36 bits per heavy atom. The van der Waals surface area contributed by atoms with Crippen molar-refractivity contribution in [1.29, 1.82) is 0 Å². The second-order valence-electron chi connectivity index (χ2n) is 3.90. The quantitative estimate of drug-likeness (QED) is 0.386. The average molecular weight is 332 g/mol. The van der Waals surface area contributed by atoms with Crippen LogP contribution in [0, 0.1) is 0 Å². The summed E-state index contributed by atoms with van der Waals surface area (Å²) in [5, 5.41) is 8.29. The van der Waals surface area contributed by atoms with Crippen molar-refractivity contribution in [2.75, 3.05) is 0 Å². The van der Waals surface area contributed by atoms with E-state index in [9.17, 15) is 22.8 Å². The summed E-state index contributed by atoms with van der Waals surface area (Å²) in [4.78, 5) is 25.8. The van der Waals surface area contributed by atoms with Gasteiger partial charge in [-0.15, -0.1) is 0 Å².